The van der Waals surface area contributed by atoms with Crippen LogP contribution in [0.4, 0.5) is 0 Å². The third-order valence-corrected chi connectivity index (χ3v) is 4.84. The molecule has 2 aromatic carbocycles. The molecular weight excluding hydrogens is 426 g/mol. The maximum absolute atomic E-state index is 12.2. The van der Waals surface area contributed by atoms with Crippen molar-refractivity contribution in [1.29, 1.82) is 5.26 Å². The van der Waals surface area contributed by atoms with Crippen LogP contribution in [0.25, 0.3) is 0 Å². The molecule has 1 saturated heterocycles. The third kappa shape index (κ3) is 4.91. The Morgan fingerprint density at radius 1 is 1.03 bits per heavy atom. The number of aliphatic hydroxyl groups is 3. The van der Waals surface area contributed by atoms with E-state index in [0.29, 0.717) is 5.56 Å². The first-order chi connectivity index (χ1) is 15.2. The van der Waals surface area contributed by atoms with E-state index in [1.54, 1.807) is 30.3 Å². The van der Waals surface area contributed by atoms with Gasteiger partial charge in [-0.3, -0.25) is 0 Å². The van der Waals surface area contributed by atoms with E-state index in [-0.39, 0.29) is 5.56 Å². The first-order valence-corrected chi connectivity index (χ1v) is 9.44. The average molecular weight is 447 g/mol. The Labute approximate surface area is 181 Å². The summed E-state index contributed by atoms with van der Waals surface area (Å²) in [5.74, 6) is -3.35. The molecule has 11 nitrogen and oxygen atoms in total. The fourth-order valence-corrected chi connectivity index (χ4v) is 3.08. The van der Waals surface area contributed by atoms with Gasteiger partial charge in [-0.05, 0) is 17.7 Å². The molecule has 1 heterocycles. The monoisotopic (exact) mass is 447 g/mol. The van der Waals surface area contributed by atoms with E-state index in [2.05, 4.69) is 0 Å². The van der Waals surface area contributed by atoms with Gasteiger partial charge in [0.15, 0.2) is 29.6 Å². The number of aromatic hydroxyl groups is 3. The summed E-state index contributed by atoms with van der Waals surface area (Å²) >= 11 is 0. The highest BCUT2D eigenvalue weighted by molar-refractivity contribution is 5.91. The zero-order valence-corrected chi connectivity index (χ0v) is 16.5. The molecule has 0 aromatic heterocycles. The number of nitriles is 1. The fraction of sp³-hybridized carbons (Fsp3) is 0.333. The molecule has 0 amide bonds. The van der Waals surface area contributed by atoms with Crippen molar-refractivity contribution in [2.75, 3.05) is 6.61 Å². The number of aliphatic hydroxyl groups excluding tert-OH is 3. The Bertz CT molecular complexity index is 969. The SMILES string of the molecule is N#C[C@@H](O[C@@H]1O[C@H](COC(=O)c2cc(O)c(O)c(O)c2)[C@@H](O)[C@H](O)[C@H]1O)c1ccccc1. The van der Waals surface area contributed by atoms with Gasteiger partial charge in [0.1, 0.15) is 31.0 Å². The van der Waals surface area contributed by atoms with Gasteiger partial charge in [-0.2, -0.15) is 5.26 Å². The maximum atomic E-state index is 12.2. The van der Waals surface area contributed by atoms with Crippen LogP contribution in [0.3, 0.4) is 0 Å². The van der Waals surface area contributed by atoms with E-state index in [9.17, 15) is 40.7 Å². The molecule has 0 saturated carbocycles. The number of carbonyl (C=O) groups is 1. The molecule has 1 fully saturated rings. The zero-order chi connectivity index (χ0) is 23.4. The summed E-state index contributed by atoms with van der Waals surface area (Å²) in [4.78, 5) is 12.2. The minimum Gasteiger partial charge on any atom is -0.504 e. The average Bonchev–Trinajstić information content (AvgIpc) is 2.80. The highest BCUT2D eigenvalue weighted by Crippen LogP contribution is 2.35. The van der Waals surface area contributed by atoms with Crippen LogP contribution in [0.1, 0.15) is 22.0 Å². The normalized spacial score (nSPS) is 26.1. The molecule has 6 N–H and O–H groups in total. The number of hydrogen-bond donors (Lipinski definition) is 6. The van der Waals surface area contributed by atoms with Crippen LogP contribution in [0.2, 0.25) is 0 Å². The van der Waals surface area contributed by atoms with Crippen LogP contribution in [-0.4, -0.2) is 73.9 Å². The zero-order valence-electron chi connectivity index (χ0n) is 16.5. The second-order valence-corrected chi connectivity index (χ2v) is 7.03. The molecule has 0 bridgehead atoms. The molecule has 0 aliphatic carbocycles. The van der Waals surface area contributed by atoms with Gasteiger partial charge in [-0.25, -0.2) is 4.79 Å². The van der Waals surface area contributed by atoms with Crippen LogP contribution in [0, 0.1) is 11.3 Å². The Balaban J connectivity index is 1.69. The van der Waals surface area contributed by atoms with E-state index in [0.717, 1.165) is 12.1 Å². The summed E-state index contributed by atoms with van der Waals surface area (Å²) in [5, 5.41) is 68.3. The lowest BCUT2D eigenvalue weighted by Gasteiger charge is -2.40. The number of nitrogens with zero attached hydrogens (tertiary/aromatic N) is 1. The predicted molar refractivity (Wildman–Crippen MR) is 104 cm³/mol. The molecule has 0 spiro atoms. The molecule has 1 aliphatic heterocycles. The van der Waals surface area contributed by atoms with Crippen molar-refractivity contribution in [2.45, 2.75) is 36.8 Å². The summed E-state index contributed by atoms with van der Waals surface area (Å²) in [6.07, 6.45) is -9.08. The lowest BCUT2D eigenvalue weighted by molar-refractivity contribution is -0.307. The molecule has 1 aliphatic rings. The number of rotatable bonds is 6. The summed E-state index contributed by atoms with van der Waals surface area (Å²) < 4.78 is 15.9. The topological polar surface area (TPSA) is 190 Å². The standard InChI is InChI=1S/C21H21NO10/c22-8-14(10-4-2-1-3-5-10)31-21-19(28)18(27)17(26)15(32-21)9-30-20(29)11-6-12(23)16(25)13(24)7-11/h1-7,14-15,17-19,21,23-28H,9H2/t14-,15-,17-,18+,19-,21-/m1/s1. The second-order valence-electron chi connectivity index (χ2n) is 7.03. The first-order valence-electron chi connectivity index (χ1n) is 9.44. The van der Waals surface area contributed by atoms with Crippen LogP contribution in [0.15, 0.2) is 42.5 Å². The molecule has 170 valence electrons. The second kappa shape index (κ2) is 9.82. The van der Waals surface area contributed by atoms with E-state index < -0.39 is 66.6 Å². The van der Waals surface area contributed by atoms with Crippen LogP contribution < -0.4 is 0 Å². The Kier molecular flexibility index (Phi) is 7.14. The van der Waals surface area contributed by atoms with E-state index in [1.165, 1.54) is 0 Å². The highest BCUT2D eigenvalue weighted by Gasteiger charge is 2.45. The van der Waals surface area contributed by atoms with Gasteiger partial charge in [0.2, 0.25) is 0 Å². The van der Waals surface area contributed by atoms with Crippen LogP contribution in [-0.2, 0) is 14.2 Å². The van der Waals surface area contributed by atoms with Gasteiger partial charge in [0.05, 0.1) is 11.6 Å². The minimum absolute atomic E-state index is 0.301. The van der Waals surface area contributed by atoms with Gasteiger partial charge < -0.3 is 44.8 Å². The summed E-state index contributed by atoms with van der Waals surface area (Å²) in [5.41, 5.74) is 0.173. The van der Waals surface area contributed by atoms with Crippen molar-refractivity contribution in [3.05, 3.63) is 53.6 Å². The van der Waals surface area contributed by atoms with Gasteiger partial charge in [0.25, 0.3) is 0 Å². The fourth-order valence-electron chi connectivity index (χ4n) is 3.08. The van der Waals surface area contributed by atoms with Gasteiger partial charge in [-0.1, -0.05) is 30.3 Å². The Morgan fingerprint density at radius 2 is 1.66 bits per heavy atom. The van der Waals surface area contributed by atoms with Crippen molar-refractivity contribution in [2.24, 2.45) is 0 Å². The largest absolute Gasteiger partial charge is 0.504 e. The Morgan fingerprint density at radius 3 is 2.25 bits per heavy atom. The highest BCUT2D eigenvalue weighted by atomic mass is 16.7. The summed E-state index contributed by atoms with van der Waals surface area (Å²) in [7, 11) is 0. The molecule has 3 rings (SSSR count). The molecule has 11 heteroatoms. The maximum Gasteiger partial charge on any atom is 0.338 e. The number of hydrogen-bond acceptors (Lipinski definition) is 11. The molecule has 32 heavy (non-hydrogen) atoms. The van der Waals surface area contributed by atoms with Crippen LogP contribution >= 0.6 is 0 Å². The number of phenolic OH excluding ortho intramolecular Hbond substituents is 3. The van der Waals surface area contributed by atoms with Crippen molar-refractivity contribution in [3.8, 4) is 23.3 Å². The lowest BCUT2D eigenvalue weighted by atomic mass is 9.99. The number of carbonyl (C=O) groups excluding carboxylic acids is 1. The van der Waals surface area contributed by atoms with Gasteiger partial charge in [-0.15, -0.1) is 0 Å². The van der Waals surface area contributed by atoms with E-state index in [1.807, 2.05) is 6.07 Å². The first kappa shape index (κ1) is 23.3. The number of benzene rings is 2. The minimum atomic E-state index is -1.73. The summed E-state index contributed by atoms with van der Waals surface area (Å²) in [6.45, 7) is -0.603. The van der Waals surface area contributed by atoms with Gasteiger partial charge in [0, 0.05) is 0 Å². The number of phenols is 3. The molecule has 0 radical (unpaired) electrons. The molecular formula is C21H21NO10. The number of ether oxygens (including phenoxy) is 3. The van der Waals surface area contributed by atoms with Gasteiger partial charge >= 0.3 is 5.97 Å². The quantitative estimate of drug-likeness (QED) is 0.259. The van der Waals surface area contributed by atoms with E-state index >= 15 is 0 Å². The summed E-state index contributed by atoms with van der Waals surface area (Å²) in [6, 6.07) is 12.0. The van der Waals surface area contributed by atoms with Crippen molar-refractivity contribution in [3.63, 3.8) is 0 Å². The van der Waals surface area contributed by atoms with Crippen molar-refractivity contribution >= 4 is 5.97 Å². The molecule has 0 unspecified atom stereocenters. The van der Waals surface area contributed by atoms with Crippen molar-refractivity contribution < 1.29 is 49.6 Å². The predicted octanol–water partition coefficient (Wildman–Crippen LogP) is 0.0493. The lowest BCUT2D eigenvalue weighted by Crippen LogP contribution is -2.59. The molecule has 6 atom stereocenters. The smallest absolute Gasteiger partial charge is 0.338 e. The Hall–Kier alpha value is -3.40. The number of esters is 1. The third-order valence-electron chi connectivity index (χ3n) is 4.84. The molecule has 2 aromatic rings. The van der Waals surface area contributed by atoms with E-state index in [4.69, 9.17) is 14.2 Å². The van der Waals surface area contributed by atoms with Crippen molar-refractivity contribution in [1.82, 2.24) is 0 Å². The van der Waals surface area contributed by atoms with Crippen LogP contribution in [0.5, 0.6) is 17.2 Å².